The molecule has 48 heavy (non-hydrogen) atoms. The van der Waals surface area contributed by atoms with Gasteiger partial charge in [-0.05, 0) is 34.9 Å². The molecule has 2 N–H and O–H groups in total. The van der Waals surface area contributed by atoms with Crippen molar-refractivity contribution in [2.24, 2.45) is 0 Å². The molecule has 0 saturated carbocycles. The third-order valence-electron chi connectivity index (χ3n) is 7.58. The molecule has 260 valence electrons. The topological polar surface area (TPSA) is 170 Å². The van der Waals surface area contributed by atoms with Crippen LogP contribution in [0, 0.1) is 11.6 Å². The zero-order valence-electron chi connectivity index (χ0n) is 26.9. The summed E-state index contributed by atoms with van der Waals surface area (Å²) in [4.78, 5) is 48.7. The molecule has 3 aromatic rings. The monoisotopic (exact) mass is 692 g/mol. The van der Waals surface area contributed by atoms with E-state index in [0.29, 0.717) is 17.8 Å². The largest absolute Gasteiger partial charge is 0.565 e. The van der Waals surface area contributed by atoms with Gasteiger partial charge in [-0.1, -0.05) is 19.6 Å². The van der Waals surface area contributed by atoms with E-state index >= 15 is 0 Å². The fraction of sp³-hybridized carbons (Fsp3) is 0.355. The third-order valence-corrected chi connectivity index (χ3v) is 7.71. The molecule has 1 fully saturated rings. The lowest BCUT2D eigenvalue weighted by atomic mass is 10.0. The number of halogens is 2. The summed E-state index contributed by atoms with van der Waals surface area (Å²) in [7, 11) is 0.903. The van der Waals surface area contributed by atoms with Crippen molar-refractivity contribution in [1.29, 1.82) is 0 Å². The van der Waals surface area contributed by atoms with E-state index in [-0.39, 0.29) is 24.7 Å². The highest BCUT2D eigenvalue weighted by atomic mass is 31.1. The Morgan fingerprint density at radius 2 is 1.75 bits per heavy atom. The van der Waals surface area contributed by atoms with Crippen molar-refractivity contribution >= 4 is 37.3 Å². The average Bonchev–Trinajstić information content (AvgIpc) is 3.10. The highest BCUT2D eigenvalue weighted by Gasteiger charge is 2.25. The number of carbonyl (C=O) groups is 2. The van der Waals surface area contributed by atoms with Crippen molar-refractivity contribution in [3.63, 3.8) is 0 Å². The Kier molecular flexibility index (Phi) is 14.3. The van der Waals surface area contributed by atoms with E-state index in [1.165, 1.54) is 38.6 Å². The van der Waals surface area contributed by atoms with Crippen LogP contribution in [0.2, 0.25) is 0 Å². The summed E-state index contributed by atoms with van der Waals surface area (Å²) in [6, 6.07) is 8.61. The van der Waals surface area contributed by atoms with Crippen LogP contribution in [0.3, 0.4) is 0 Å². The molecule has 1 unspecified atom stereocenters. The van der Waals surface area contributed by atoms with E-state index in [0.717, 1.165) is 50.0 Å². The molecule has 0 aliphatic carbocycles. The maximum absolute atomic E-state index is 14.9. The number of hydrogen-bond donors (Lipinski definition) is 2. The Morgan fingerprint density at radius 3 is 2.29 bits per heavy atom. The Labute approximate surface area is 278 Å². The molecular formula is C31H39F2N6O8P. The van der Waals surface area contributed by atoms with Gasteiger partial charge in [0.25, 0.3) is 0 Å². The van der Waals surface area contributed by atoms with Gasteiger partial charge in [0, 0.05) is 74.8 Å². The summed E-state index contributed by atoms with van der Waals surface area (Å²) >= 11 is 0. The minimum Gasteiger partial charge on any atom is -0.565 e. The first-order valence-electron chi connectivity index (χ1n) is 14.6. The molecule has 1 aliphatic heterocycles. The number of carbonyl (C=O) groups excluding carboxylic acids is 2. The van der Waals surface area contributed by atoms with Gasteiger partial charge in [0.1, 0.15) is 12.1 Å². The molecule has 1 saturated heterocycles. The number of rotatable bonds is 12. The summed E-state index contributed by atoms with van der Waals surface area (Å²) in [5.41, 5.74) is 2.53. The first kappa shape index (κ1) is 37.9. The van der Waals surface area contributed by atoms with Crippen molar-refractivity contribution in [2.75, 3.05) is 69.1 Å². The van der Waals surface area contributed by atoms with Gasteiger partial charge in [0.2, 0.25) is 11.8 Å². The summed E-state index contributed by atoms with van der Waals surface area (Å²) in [5.74, 6) is -3.12. The molecule has 1 aromatic heterocycles. The molecule has 0 radical (unpaired) electrons. The maximum atomic E-state index is 14.9. The minimum absolute atomic E-state index is 0. The van der Waals surface area contributed by atoms with Gasteiger partial charge in [-0.15, -0.1) is 0 Å². The smallest absolute Gasteiger partial charge is 0.521 e. The fourth-order valence-electron chi connectivity index (χ4n) is 4.89. The second-order valence-corrected chi connectivity index (χ2v) is 10.9. The number of anilines is 3. The van der Waals surface area contributed by atoms with Crippen LogP contribution in [-0.2, 0) is 31.7 Å². The van der Waals surface area contributed by atoms with Gasteiger partial charge in [0.15, 0.2) is 23.1 Å². The first-order chi connectivity index (χ1) is 22.9. The Morgan fingerprint density at radius 1 is 1.12 bits per heavy atom. The number of methoxy groups -OCH3 is 2. The number of amides is 2. The predicted octanol–water partition coefficient (Wildman–Crippen LogP) is 3.57. The standard InChI is InChI=1S/C31H36F2N6O4.HO4P.H2/c1-6-28(40)36-24-16-22(39-12-10-38(7-2)11-13-39)9-8-20(24)14-21-15-27(35-19-34-21)37(3)29(41)17-23-30(32)25(42-4)18-26(43-5)31(23)33;1-4-5(2)3;/h6,8-9,15-16,18-19H,1,7,10-14,17H2,2-5H3,(H,36,40);1H;1H. The molecular weight excluding hydrogens is 653 g/mol. The van der Waals surface area contributed by atoms with Crippen LogP contribution in [0.4, 0.5) is 26.0 Å². The zero-order chi connectivity index (χ0) is 35.4. The molecule has 14 nitrogen and oxygen atoms in total. The van der Waals surface area contributed by atoms with Crippen LogP contribution in [0.25, 0.3) is 0 Å². The number of nitrogens with zero attached hydrogens (tertiary/aromatic N) is 5. The normalized spacial score (nSPS) is 13.2. The number of aromatic nitrogens is 2. The number of ether oxygens (including phenoxy) is 2. The number of benzene rings is 2. The van der Waals surface area contributed by atoms with Crippen molar-refractivity contribution in [1.82, 2.24) is 14.9 Å². The molecule has 2 aromatic carbocycles. The van der Waals surface area contributed by atoms with E-state index in [1.54, 1.807) is 6.07 Å². The van der Waals surface area contributed by atoms with E-state index in [9.17, 15) is 18.4 Å². The second-order valence-electron chi connectivity index (χ2n) is 10.3. The van der Waals surface area contributed by atoms with E-state index in [4.69, 9.17) is 24.2 Å². The number of hydrogen-bond acceptors (Lipinski definition) is 12. The van der Waals surface area contributed by atoms with Gasteiger partial charge < -0.3 is 29.5 Å². The highest BCUT2D eigenvalue weighted by molar-refractivity contribution is 7.30. The molecule has 4 rings (SSSR count). The lowest BCUT2D eigenvalue weighted by Crippen LogP contribution is -2.46. The quantitative estimate of drug-likeness (QED) is 0.123. The maximum Gasteiger partial charge on any atom is 0.521 e. The Bertz CT molecular complexity index is 1600. The SMILES string of the molecule is C=CC(=O)Nc1cc(N2CCN(CC)CC2)ccc1Cc1cc(N(C)C(=O)Cc2c(F)c(OC)cc(OC)c2F)ncn1.O=[P+]([O-])OO.[HH]. The molecule has 1 aliphatic rings. The van der Waals surface area contributed by atoms with Crippen LogP contribution < -0.4 is 29.5 Å². The van der Waals surface area contributed by atoms with Gasteiger partial charge in [0.05, 0.1) is 26.3 Å². The molecule has 0 bridgehead atoms. The van der Waals surface area contributed by atoms with Crippen LogP contribution in [0.5, 0.6) is 11.5 Å². The minimum atomic E-state index is -3.04. The summed E-state index contributed by atoms with van der Waals surface area (Å²) in [6.45, 7) is 10.4. The second kappa shape index (κ2) is 18.1. The lowest BCUT2D eigenvalue weighted by Gasteiger charge is -2.35. The van der Waals surface area contributed by atoms with E-state index in [2.05, 4.69) is 43.3 Å². The Balaban J connectivity index is 0.00000129. The predicted molar refractivity (Wildman–Crippen MR) is 174 cm³/mol. The van der Waals surface area contributed by atoms with Gasteiger partial charge >= 0.3 is 8.25 Å². The molecule has 2 amide bonds. The summed E-state index contributed by atoms with van der Waals surface area (Å²) in [5, 5.41) is 9.95. The fourth-order valence-corrected chi connectivity index (χ4v) is 4.89. The van der Waals surface area contributed by atoms with Crippen LogP contribution in [0.15, 0.2) is 49.3 Å². The average molecular weight is 693 g/mol. The summed E-state index contributed by atoms with van der Waals surface area (Å²) < 4.78 is 51.3. The zero-order valence-corrected chi connectivity index (χ0v) is 27.8. The van der Waals surface area contributed by atoms with Gasteiger partial charge in [-0.3, -0.25) is 14.5 Å². The van der Waals surface area contributed by atoms with Crippen LogP contribution in [-0.4, -0.2) is 85.9 Å². The van der Waals surface area contributed by atoms with Crippen molar-refractivity contribution in [3.05, 3.63) is 77.8 Å². The highest BCUT2D eigenvalue weighted by Crippen LogP contribution is 2.32. The Hall–Kier alpha value is -4.60. The van der Waals surface area contributed by atoms with Crippen LogP contribution in [0.1, 0.15) is 25.2 Å². The van der Waals surface area contributed by atoms with Crippen LogP contribution >= 0.6 is 8.25 Å². The van der Waals surface area contributed by atoms with Crippen molar-refractivity contribution < 1.29 is 48.7 Å². The molecule has 2 heterocycles. The van der Waals surface area contributed by atoms with Crippen molar-refractivity contribution in [3.8, 4) is 11.5 Å². The molecule has 0 spiro atoms. The van der Waals surface area contributed by atoms with Gasteiger partial charge in [-0.25, -0.2) is 24.0 Å². The lowest BCUT2D eigenvalue weighted by molar-refractivity contribution is -0.244. The first-order valence-corrected chi connectivity index (χ1v) is 15.7. The molecule has 1 atom stereocenters. The number of piperazine rings is 1. The van der Waals surface area contributed by atoms with Crippen molar-refractivity contribution in [2.45, 2.75) is 19.8 Å². The third kappa shape index (κ3) is 9.95. The number of likely N-dealkylation sites (N-methyl/N-ethyl adjacent to an activating group) is 2. The van der Waals surface area contributed by atoms with E-state index < -0.39 is 37.8 Å². The van der Waals surface area contributed by atoms with E-state index in [1.807, 2.05) is 18.2 Å². The molecule has 17 heteroatoms. The number of nitrogens with one attached hydrogen (secondary N) is 1. The summed E-state index contributed by atoms with van der Waals surface area (Å²) in [6.07, 6.45) is 2.26. The van der Waals surface area contributed by atoms with Gasteiger partial charge in [-0.2, -0.15) is 0 Å².